The van der Waals surface area contributed by atoms with E-state index in [1.54, 1.807) is 14.2 Å². The number of fused-ring (bicyclic) bond motifs is 3. The molecule has 734 valence electrons. The van der Waals surface area contributed by atoms with Crippen LogP contribution in [0.25, 0.3) is 11.1 Å². The second-order valence-electron chi connectivity index (χ2n) is 26.8. The zero-order valence-electron chi connectivity index (χ0n) is 75.3. The van der Waals surface area contributed by atoms with Gasteiger partial charge in [-0.1, -0.05) is 44.0 Å². The summed E-state index contributed by atoms with van der Waals surface area (Å²) >= 11 is 7.51. The van der Waals surface area contributed by atoms with Crippen LogP contribution in [0.1, 0.15) is 24.0 Å². The van der Waals surface area contributed by atoms with Gasteiger partial charge in [0.15, 0.2) is 0 Å². The second-order valence-corrected chi connectivity index (χ2v) is 28.6. The maximum absolute atomic E-state index is 6.22. The minimum absolute atomic E-state index is 0.321. The highest BCUT2D eigenvalue weighted by atomic mass is 79.9. The third kappa shape index (κ3) is 76.0. The Kier molecular flexibility index (Phi) is 90.5. The van der Waals surface area contributed by atoms with E-state index in [0.29, 0.717) is 462 Å². The molecule has 1 aliphatic rings. The molecule has 0 unspecified atom stereocenters. The van der Waals surface area contributed by atoms with Crippen molar-refractivity contribution in [2.45, 2.75) is 18.3 Å². The fourth-order valence-electron chi connectivity index (χ4n) is 11.1. The maximum atomic E-state index is 6.22. The Morgan fingerprint density at radius 2 is 0.256 bits per heavy atom. The van der Waals surface area contributed by atoms with Gasteiger partial charge in [0.25, 0.3) is 0 Å². The average Bonchev–Trinajstić information content (AvgIpc) is 1.57. The molecule has 38 heteroatoms. The molecule has 125 heavy (non-hydrogen) atoms. The minimum Gasteiger partial charge on any atom is -0.382 e. The third-order valence-corrected chi connectivity index (χ3v) is 18.4. The molecule has 0 fully saturated rings. The first kappa shape index (κ1) is 117. The van der Waals surface area contributed by atoms with Gasteiger partial charge in [-0.25, -0.2) is 0 Å². The van der Waals surface area contributed by atoms with Gasteiger partial charge in [-0.3, -0.25) is 0 Å². The van der Waals surface area contributed by atoms with E-state index in [4.69, 9.17) is 171 Å². The van der Waals surface area contributed by atoms with Gasteiger partial charge in [0, 0.05) is 41.8 Å². The number of ether oxygens (including phenoxy) is 36. The molecule has 0 spiro atoms. The van der Waals surface area contributed by atoms with E-state index < -0.39 is 0 Å². The molecule has 2 aromatic rings. The first-order valence-corrected chi connectivity index (χ1v) is 45.9. The minimum atomic E-state index is -0.321. The van der Waals surface area contributed by atoms with Crippen LogP contribution in [0, 0.1) is 0 Å². The van der Waals surface area contributed by atoms with Gasteiger partial charge in [0.05, 0.1) is 449 Å². The quantitative estimate of drug-likeness (QED) is 0.0673. The summed E-state index contributed by atoms with van der Waals surface area (Å²) in [6.45, 7) is 34.5. The van der Waals surface area contributed by atoms with Gasteiger partial charge in [-0.05, 0) is 59.4 Å². The molecule has 36 nitrogen and oxygen atoms in total. The molecule has 0 saturated carbocycles. The first-order valence-electron chi connectivity index (χ1n) is 44.3. The fourth-order valence-corrected chi connectivity index (χ4v) is 11.8. The first-order chi connectivity index (χ1) is 62.1. The molecule has 3 rings (SSSR count). The maximum Gasteiger partial charge on any atom is 0.0701 e. The number of halogens is 2. The Morgan fingerprint density at radius 3 is 0.368 bits per heavy atom. The number of hydrogen-bond acceptors (Lipinski definition) is 36. The lowest BCUT2D eigenvalue weighted by Gasteiger charge is -2.32. The van der Waals surface area contributed by atoms with E-state index in [-0.39, 0.29) is 5.41 Å². The van der Waals surface area contributed by atoms with Crippen LogP contribution in [0.4, 0.5) is 0 Å². The zero-order valence-corrected chi connectivity index (χ0v) is 78.5. The van der Waals surface area contributed by atoms with Crippen LogP contribution in [-0.2, 0) is 176 Å². The van der Waals surface area contributed by atoms with Crippen molar-refractivity contribution in [1.82, 2.24) is 0 Å². The summed E-state index contributed by atoms with van der Waals surface area (Å²) in [5.41, 5.74) is 4.66. The molecule has 0 N–H and O–H groups in total. The molecule has 1 aliphatic carbocycles. The predicted molar refractivity (Wildman–Crippen MR) is 469 cm³/mol. The van der Waals surface area contributed by atoms with Crippen LogP contribution in [0.5, 0.6) is 0 Å². The average molecular weight is 1940 g/mol. The van der Waals surface area contributed by atoms with Crippen molar-refractivity contribution in [2.75, 3.05) is 477 Å². The molecular weight excluding hydrogens is 1780 g/mol. The highest BCUT2D eigenvalue weighted by Gasteiger charge is 2.43. The van der Waals surface area contributed by atoms with Crippen LogP contribution in [-0.4, -0.2) is 477 Å². The van der Waals surface area contributed by atoms with Gasteiger partial charge in [-0.2, -0.15) is 0 Å². The molecule has 2 aromatic carbocycles. The number of hydrogen-bond donors (Lipinski definition) is 0. The van der Waals surface area contributed by atoms with E-state index in [1.165, 1.54) is 22.3 Å². The summed E-state index contributed by atoms with van der Waals surface area (Å²) in [5.74, 6) is 0. The summed E-state index contributed by atoms with van der Waals surface area (Å²) in [5, 5.41) is 0. The highest BCUT2D eigenvalue weighted by Crippen LogP contribution is 2.54. The summed E-state index contributed by atoms with van der Waals surface area (Å²) in [6.07, 6.45) is 1.54. The van der Waals surface area contributed by atoms with E-state index in [9.17, 15) is 0 Å². The lowest BCUT2D eigenvalue weighted by atomic mass is 9.73. The summed E-state index contributed by atoms with van der Waals surface area (Å²) in [4.78, 5) is 0. The molecular formula is C87H156Br2O36. The van der Waals surface area contributed by atoms with E-state index >= 15 is 0 Å². The Bertz CT molecular complexity index is 2330. The van der Waals surface area contributed by atoms with Crippen molar-refractivity contribution in [2.24, 2.45) is 0 Å². The molecule has 0 radical (unpaired) electrons. The van der Waals surface area contributed by atoms with Crippen LogP contribution < -0.4 is 0 Å². The van der Waals surface area contributed by atoms with Gasteiger partial charge in [0.1, 0.15) is 0 Å². The van der Waals surface area contributed by atoms with Crippen molar-refractivity contribution in [3.05, 3.63) is 56.5 Å². The Hall–Kier alpha value is -2.04. The zero-order chi connectivity index (χ0) is 88.6. The van der Waals surface area contributed by atoms with Crippen molar-refractivity contribution < 1.29 is 171 Å². The van der Waals surface area contributed by atoms with Crippen molar-refractivity contribution in [3.63, 3.8) is 0 Å². The summed E-state index contributed by atoms with van der Waals surface area (Å²) < 4.78 is 202. The normalized spacial score (nSPS) is 12.5. The van der Waals surface area contributed by atoms with Crippen LogP contribution >= 0.6 is 31.9 Å². The Labute approximate surface area is 761 Å². The van der Waals surface area contributed by atoms with Gasteiger partial charge in [-0.15, -0.1) is 0 Å². The Morgan fingerprint density at radius 1 is 0.152 bits per heavy atom. The highest BCUT2D eigenvalue weighted by molar-refractivity contribution is 9.10. The monoisotopic (exact) mass is 1930 g/mol. The fraction of sp³-hybridized carbons (Fsp3) is 0.862. The van der Waals surface area contributed by atoms with Crippen molar-refractivity contribution in [3.8, 4) is 11.1 Å². The van der Waals surface area contributed by atoms with Crippen LogP contribution in [0.3, 0.4) is 0 Å². The third-order valence-electron chi connectivity index (χ3n) is 17.4. The molecule has 0 bridgehead atoms. The Balaban J connectivity index is 0.985. The van der Waals surface area contributed by atoms with E-state index in [2.05, 4.69) is 68.3 Å². The molecule has 0 aromatic heterocycles. The van der Waals surface area contributed by atoms with Gasteiger partial charge >= 0.3 is 0 Å². The van der Waals surface area contributed by atoms with Crippen LogP contribution in [0.15, 0.2) is 45.3 Å². The van der Waals surface area contributed by atoms with Gasteiger partial charge < -0.3 is 171 Å². The smallest absolute Gasteiger partial charge is 0.0701 e. The number of benzene rings is 2. The number of methoxy groups -OCH3 is 2. The van der Waals surface area contributed by atoms with Crippen LogP contribution in [0.2, 0.25) is 0 Å². The van der Waals surface area contributed by atoms with Crippen molar-refractivity contribution >= 4 is 31.9 Å². The topological polar surface area (TPSA) is 332 Å². The molecule has 0 saturated heterocycles. The van der Waals surface area contributed by atoms with E-state index in [0.717, 1.165) is 21.8 Å². The lowest BCUT2D eigenvalue weighted by Crippen LogP contribution is -2.30. The standard InChI is InChI=1S/C87H156Br2O36/c1-90-11-13-94-19-21-98-27-29-102-35-37-106-43-45-110-51-53-114-59-61-118-67-69-122-75-77-124-73-71-120-65-63-116-57-55-112-49-47-108-41-39-104-33-31-100-25-23-96-17-15-92-9-7-87(85-79-81(88)3-5-83(85)84-6-4-82(89)80-86(84)87)8-10-93-16-18-97-24-26-101-32-34-105-40-42-109-48-50-113-56-58-117-64-66-121-72-74-125-78-76-123-70-68-119-62-60-115-54-52-111-46-44-107-38-36-103-30-28-99-22-20-95-14-12-91-2/h3-6,79-80H,7-78H2,1-2H3. The summed E-state index contributed by atoms with van der Waals surface area (Å²) in [7, 11) is 3.29. The second kappa shape index (κ2) is 96.5. The largest absolute Gasteiger partial charge is 0.382 e. The van der Waals surface area contributed by atoms with Crippen molar-refractivity contribution in [1.29, 1.82) is 0 Å². The van der Waals surface area contributed by atoms with Gasteiger partial charge in [0.2, 0.25) is 0 Å². The SMILES string of the molecule is COCCOCCOCCOCCOCCOCCOCCOCCOCCOCCOCCOCCOCCOCCOCCOCCOCCOCCC1(CCOCCOCCOCCOCCOCCOCCOCCOCCOCCOCCOCCOCCOCCOCCOCCOCCOCCOC)c2cc(Br)ccc2-c2ccc(Br)cc21. The lowest BCUT2D eigenvalue weighted by molar-refractivity contribution is -0.0310. The number of rotatable bonds is 108. The molecule has 0 heterocycles. The molecule has 0 amide bonds. The summed E-state index contributed by atoms with van der Waals surface area (Å²) in [6, 6.07) is 13.1. The van der Waals surface area contributed by atoms with E-state index in [1.807, 2.05) is 0 Å². The molecule has 0 atom stereocenters. The predicted octanol–water partition coefficient (Wildman–Crippen LogP) is 6.12. The molecule has 0 aliphatic heterocycles.